The Labute approximate surface area is 214 Å². The number of aliphatic imine (C=N–C) groups is 1. The maximum atomic E-state index is 12.5. The van der Waals surface area contributed by atoms with Crippen LogP contribution < -0.4 is 5.32 Å². The minimum absolute atomic E-state index is 0. The van der Waals surface area contributed by atoms with Crippen LogP contribution >= 0.6 is 24.0 Å². The SMILES string of the molecule is CN=C(NCc1ccc(COC2CCOCC2)cc1)N1CCN(C(=O)C2CCCO2)CC1.I. The summed E-state index contributed by atoms with van der Waals surface area (Å²) in [4.78, 5) is 21.1. The van der Waals surface area contributed by atoms with Gasteiger partial charge in [0.1, 0.15) is 6.10 Å². The van der Waals surface area contributed by atoms with Crippen LogP contribution in [0.2, 0.25) is 0 Å². The molecule has 33 heavy (non-hydrogen) atoms. The zero-order chi connectivity index (χ0) is 22.2. The molecule has 1 aromatic carbocycles. The first-order chi connectivity index (χ1) is 15.7. The van der Waals surface area contributed by atoms with Crippen molar-refractivity contribution in [3.8, 4) is 0 Å². The lowest BCUT2D eigenvalue weighted by Gasteiger charge is -2.37. The Hall–Kier alpha value is -1.43. The predicted molar refractivity (Wildman–Crippen MR) is 138 cm³/mol. The summed E-state index contributed by atoms with van der Waals surface area (Å²) < 4.78 is 16.9. The van der Waals surface area contributed by atoms with Gasteiger partial charge >= 0.3 is 0 Å². The molecule has 4 rings (SSSR count). The van der Waals surface area contributed by atoms with Gasteiger partial charge in [0.15, 0.2) is 5.96 Å². The van der Waals surface area contributed by atoms with E-state index in [4.69, 9.17) is 14.2 Å². The molecule has 3 saturated heterocycles. The van der Waals surface area contributed by atoms with E-state index in [9.17, 15) is 4.79 Å². The average Bonchev–Trinajstić information content (AvgIpc) is 3.40. The van der Waals surface area contributed by atoms with Gasteiger partial charge in [0.05, 0.1) is 12.7 Å². The molecule has 3 heterocycles. The number of hydrogen-bond donors (Lipinski definition) is 1. The molecule has 0 aromatic heterocycles. The molecule has 1 N–H and O–H groups in total. The van der Waals surface area contributed by atoms with E-state index in [1.807, 2.05) is 11.9 Å². The van der Waals surface area contributed by atoms with Crippen LogP contribution in [0.25, 0.3) is 0 Å². The Bertz CT molecular complexity index is 756. The Kier molecular flexibility index (Phi) is 10.7. The highest BCUT2D eigenvalue weighted by atomic mass is 127. The van der Waals surface area contributed by atoms with Crippen LogP contribution in [0.15, 0.2) is 29.3 Å². The first-order valence-electron chi connectivity index (χ1n) is 11.9. The monoisotopic (exact) mass is 572 g/mol. The van der Waals surface area contributed by atoms with Crippen molar-refractivity contribution in [3.05, 3.63) is 35.4 Å². The number of guanidine groups is 1. The molecule has 0 bridgehead atoms. The number of ether oxygens (including phenoxy) is 3. The number of hydrogen-bond acceptors (Lipinski definition) is 5. The molecule has 0 saturated carbocycles. The molecule has 1 aromatic rings. The molecule has 184 valence electrons. The zero-order valence-electron chi connectivity index (χ0n) is 19.5. The molecule has 8 nitrogen and oxygen atoms in total. The van der Waals surface area contributed by atoms with Crippen molar-refractivity contribution in [2.75, 3.05) is 53.0 Å². The fourth-order valence-electron chi connectivity index (χ4n) is 4.44. The van der Waals surface area contributed by atoms with Crippen molar-refractivity contribution < 1.29 is 19.0 Å². The summed E-state index contributed by atoms with van der Waals surface area (Å²) in [5.41, 5.74) is 2.39. The second kappa shape index (κ2) is 13.5. The van der Waals surface area contributed by atoms with Crippen molar-refractivity contribution in [2.45, 2.75) is 51.0 Å². The van der Waals surface area contributed by atoms with E-state index in [1.165, 1.54) is 11.1 Å². The highest BCUT2D eigenvalue weighted by Crippen LogP contribution is 2.16. The lowest BCUT2D eigenvalue weighted by Crippen LogP contribution is -2.55. The normalized spacial score (nSPS) is 22.2. The van der Waals surface area contributed by atoms with Gasteiger partial charge in [-0.05, 0) is 36.8 Å². The summed E-state index contributed by atoms with van der Waals surface area (Å²) in [6.45, 7) is 6.64. The molecule has 1 unspecified atom stereocenters. The van der Waals surface area contributed by atoms with Gasteiger partial charge in [-0.2, -0.15) is 0 Å². The average molecular weight is 572 g/mol. The number of benzene rings is 1. The predicted octanol–water partition coefficient (Wildman–Crippen LogP) is 2.40. The van der Waals surface area contributed by atoms with E-state index < -0.39 is 0 Å². The lowest BCUT2D eigenvalue weighted by molar-refractivity contribution is -0.142. The molecule has 3 aliphatic heterocycles. The van der Waals surface area contributed by atoms with Gasteiger partial charge < -0.3 is 29.3 Å². The fraction of sp³-hybridized carbons (Fsp3) is 0.667. The van der Waals surface area contributed by atoms with Crippen molar-refractivity contribution >= 4 is 35.8 Å². The fourth-order valence-corrected chi connectivity index (χ4v) is 4.44. The third kappa shape index (κ3) is 7.53. The van der Waals surface area contributed by atoms with Crippen molar-refractivity contribution in [1.82, 2.24) is 15.1 Å². The number of nitrogens with one attached hydrogen (secondary N) is 1. The molecule has 3 aliphatic rings. The van der Waals surface area contributed by atoms with Gasteiger partial charge in [0.2, 0.25) is 0 Å². The van der Waals surface area contributed by atoms with Crippen molar-refractivity contribution in [1.29, 1.82) is 0 Å². The highest BCUT2D eigenvalue weighted by Gasteiger charge is 2.30. The zero-order valence-corrected chi connectivity index (χ0v) is 21.9. The van der Waals surface area contributed by atoms with Crippen molar-refractivity contribution in [3.63, 3.8) is 0 Å². The van der Waals surface area contributed by atoms with Crippen LogP contribution in [0, 0.1) is 0 Å². The summed E-state index contributed by atoms with van der Waals surface area (Å²) in [6, 6.07) is 8.55. The number of carbonyl (C=O) groups is 1. The standard InChI is InChI=1S/C24H36N4O4.HI/c1-25-24(28-12-10-27(11-13-28)23(29)22-3-2-14-31-22)26-17-19-4-6-20(7-5-19)18-32-21-8-15-30-16-9-21;/h4-7,21-22H,2-3,8-18H2,1H3,(H,25,26);1H. The van der Waals surface area contributed by atoms with E-state index in [-0.39, 0.29) is 36.0 Å². The Morgan fingerprint density at radius 3 is 2.33 bits per heavy atom. The van der Waals surface area contributed by atoms with Crippen LogP contribution in [0.3, 0.4) is 0 Å². The number of nitrogens with zero attached hydrogens (tertiary/aromatic N) is 3. The maximum Gasteiger partial charge on any atom is 0.251 e. The first-order valence-corrected chi connectivity index (χ1v) is 11.9. The number of amides is 1. The van der Waals surface area contributed by atoms with Gasteiger partial charge in [0, 0.05) is 59.6 Å². The number of rotatable bonds is 6. The topological polar surface area (TPSA) is 75.6 Å². The summed E-state index contributed by atoms with van der Waals surface area (Å²) in [7, 11) is 1.81. The number of carbonyl (C=O) groups excluding carboxylic acids is 1. The van der Waals surface area contributed by atoms with Crippen LogP contribution in [0.4, 0.5) is 0 Å². The van der Waals surface area contributed by atoms with E-state index >= 15 is 0 Å². The molecule has 1 atom stereocenters. The quantitative estimate of drug-likeness (QED) is 0.321. The van der Waals surface area contributed by atoms with Gasteiger partial charge in [-0.15, -0.1) is 24.0 Å². The van der Waals surface area contributed by atoms with Crippen LogP contribution in [-0.2, 0) is 32.2 Å². The molecule has 9 heteroatoms. The van der Waals surface area contributed by atoms with Gasteiger partial charge in [-0.3, -0.25) is 9.79 Å². The van der Waals surface area contributed by atoms with E-state index in [0.29, 0.717) is 39.0 Å². The second-order valence-electron chi connectivity index (χ2n) is 8.65. The smallest absolute Gasteiger partial charge is 0.251 e. The van der Waals surface area contributed by atoms with E-state index in [0.717, 1.165) is 57.9 Å². The molecular weight excluding hydrogens is 535 g/mol. The molecule has 0 radical (unpaired) electrons. The minimum atomic E-state index is -0.232. The van der Waals surface area contributed by atoms with Gasteiger partial charge in [-0.1, -0.05) is 24.3 Å². The minimum Gasteiger partial charge on any atom is -0.381 e. The van der Waals surface area contributed by atoms with Crippen molar-refractivity contribution in [2.24, 2.45) is 4.99 Å². The molecular formula is C24H37IN4O4. The second-order valence-corrected chi connectivity index (χ2v) is 8.65. The first kappa shape index (κ1) is 26.2. The third-order valence-corrected chi connectivity index (χ3v) is 6.44. The maximum absolute atomic E-state index is 12.5. The van der Waals surface area contributed by atoms with Gasteiger partial charge in [0.25, 0.3) is 5.91 Å². The van der Waals surface area contributed by atoms with E-state index in [2.05, 4.69) is 39.5 Å². The molecule has 0 spiro atoms. The summed E-state index contributed by atoms with van der Waals surface area (Å²) in [5.74, 6) is 1.02. The number of halogens is 1. The summed E-state index contributed by atoms with van der Waals surface area (Å²) in [6.07, 6.45) is 3.88. The number of piperazine rings is 1. The molecule has 1 amide bonds. The Balaban J connectivity index is 0.00000306. The molecule has 0 aliphatic carbocycles. The Morgan fingerprint density at radius 1 is 1.03 bits per heavy atom. The molecule has 3 fully saturated rings. The van der Waals surface area contributed by atoms with Crippen LogP contribution in [-0.4, -0.2) is 86.9 Å². The van der Waals surface area contributed by atoms with Gasteiger partial charge in [-0.25, -0.2) is 0 Å². The summed E-state index contributed by atoms with van der Waals surface area (Å²) in [5, 5.41) is 3.46. The lowest BCUT2D eigenvalue weighted by atomic mass is 10.1. The Morgan fingerprint density at radius 2 is 1.70 bits per heavy atom. The largest absolute Gasteiger partial charge is 0.381 e. The highest BCUT2D eigenvalue weighted by molar-refractivity contribution is 14.0. The summed E-state index contributed by atoms with van der Waals surface area (Å²) >= 11 is 0. The van der Waals surface area contributed by atoms with E-state index in [1.54, 1.807) is 0 Å². The van der Waals surface area contributed by atoms with Crippen LogP contribution in [0.5, 0.6) is 0 Å². The van der Waals surface area contributed by atoms with Crippen LogP contribution in [0.1, 0.15) is 36.8 Å². The third-order valence-electron chi connectivity index (χ3n) is 6.44.